The van der Waals surface area contributed by atoms with Gasteiger partial charge in [-0.1, -0.05) is 24.3 Å². The Morgan fingerprint density at radius 3 is 2.74 bits per heavy atom. The van der Waals surface area contributed by atoms with Gasteiger partial charge in [-0.2, -0.15) is 4.98 Å². The molecule has 0 aliphatic heterocycles. The summed E-state index contributed by atoms with van der Waals surface area (Å²) < 4.78 is 0. The first-order valence-electron chi connectivity index (χ1n) is 6.65. The summed E-state index contributed by atoms with van der Waals surface area (Å²) >= 11 is 0. The van der Waals surface area contributed by atoms with E-state index in [2.05, 4.69) is 51.8 Å². The van der Waals surface area contributed by atoms with Gasteiger partial charge in [-0.25, -0.2) is 4.98 Å². The number of anilines is 2. The number of nitrogens with one attached hydrogen (secondary N) is 2. The van der Waals surface area contributed by atoms with Gasteiger partial charge >= 0.3 is 0 Å². The zero-order valence-electron chi connectivity index (χ0n) is 11.5. The summed E-state index contributed by atoms with van der Waals surface area (Å²) in [6.07, 6.45) is 2.76. The molecule has 0 bridgehead atoms. The third-order valence-electron chi connectivity index (χ3n) is 2.95. The molecule has 19 heavy (non-hydrogen) atoms. The summed E-state index contributed by atoms with van der Waals surface area (Å²) in [5.74, 6) is 1.53. The monoisotopic (exact) mass is 256 g/mol. The van der Waals surface area contributed by atoms with Gasteiger partial charge in [0.15, 0.2) is 0 Å². The van der Waals surface area contributed by atoms with E-state index in [1.807, 2.05) is 13.0 Å². The van der Waals surface area contributed by atoms with Crippen LogP contribution in [0.25, 0.3) is 0 Å². The van der Waals surface area contributed by atoms with E-state index in [1.165, 1.54) is 11.1 Å². The second-order valence-electron chi connectivity index (χ2n) is 4.40. The normalized spacial score (nSPS) is 10.2. The van der Waals surface area contributed by atoms with E-state index >= 15 is 0 Å². The molecule has 2 aromatic rings. The zero-order valence-corrected chi connectivity index (χ0v) is 11.5. The van der Waals surface area contributed by atoms with Crippen LogP contribution in [0.2, 0.25) is 0 Å². The average molecular weight is 256 g/mol. The molecule has 4 heteroatoms. The molecule has 0 unspecified atom stereocenters. The summed E-state index contributed by atoms with van der Waals surface area (Å²) in [6.45, 7) is 5.87. The van der Waals surface area contributed by atoms with Gasteiger partial charge in [-0.05, 0) is 37.5 Å². The van der Waals surface area contributed by atoms with Crippen molar-refractivity contribution in [2.75, 3.05) is 23.7 Å². The molecule has 0 aliphatic carbocycles. The van der Waals surface area contributed by atoms with E-state index in [1.54, 1.807) is 6.20 Å². The Morgan fingerprint density at radius 2 is 1.95 bits per heavy atom. The highest BCUT2D eigenvalue weighted by molar-refractivity contribution is 5.39. The smallest absolute Gasteiger partial charge is 0.224 e. The molecular weight excluding hydrogens is 236 g/mol. The first-order chi connectivity index (χ1) is 9.29. The molecule has 1 aromatic carbocycles. The van der Waals surface area contributed by atoms with Gasteiger partial charge < -0.3 is 10.6 Å². The molecule has 0 aliphatic rings. The maximum absolute atomic E-state index is 4.38. The first-order valence-corrected chi connectivity index (χ1v) is 6.65. The van der Waals surface area contributed by atoms with E-state index in [-0.39, 0.29) is 0 Å². The number of aryl methyl sites for hydroxylation is 1. The van der Waals surface area contributed by atoms with Crippen LogP contribution in [0.4, 0.5) is 11.8 Å². The molecular formula is C15H20N4. The maximum Gasteiger partial charge on any atom is 0.224 e. The Morgan fingerprint density at radius 1 is 1.11 bits per heavy atom. The van der Waals surface area contributed by atoms with Crippen molar-refractivity contribution >= 4 is 11.8 Å². The lowest BCUT2D eigenvalue weighted by Gasteiger charge is -2.08. The van der Waals surface area contributed by atoms with Crippen molar-refractivity contribution in [1.29, 1.82) is 0 Å². The molecule has 2 rings (SSSR count). The Bertz CT molecular complexity index is 525. The number of hydrogen-bond acceptors (Lipinski definition) is 4. The highest BCUT2D eigenvalue weighted by Crippen LogP contribution is 2.09. The van der Waals surface area contributed by atoms with Crippen molar-refractivity contribution < 1.29 is 0 Å². The zero-order chi connectivity index (χ0) is 13.5. The van der Waals surface area contributed by atoms with Gasteiger partial charge in [-0.3, -0.25) is 0 Å². The Hall–Kier alpha value is -2.10. The minimum absolute atomic E-state index is 0.670. The summed E-state index contributed by atoms with van der Waals surface area (Å²) in [7, 11) is 0. The predicted molar refractivity (Wildman–Crippen MR) is 79.6 cm³/mol. The van der Waals surface area contributed by atoms with E-state index in [0.717, 1.165) is 25.3 Å². The number of nitrogens with zero attached hydrogens (tertiary/aromatic N) is 2. The number of rotatable bonds is 6. The van der Waals surface area contributed by atoms with Gasteiger partial charge in [0.25, 0.3) is 0 Å². The largest absolute Gasteiger partial charge is 0.370 e. The third-order valence-corrected chi connectivity index (χ3v) is 2.95. The second-order valence-corrected chi connectivity index (χ2v) is 4.40. The third kappa shape index (κ3) is 3.95. The van der Waals surface area contributed by atoms with E-state index in [4.69, 9.17) is 0 Å². The molecule has 0 radical (unpaired) electrons. The Labute approximate surface area is 114 Å². The summed E-state index contributed by atoms with van der Waals surface area (Å²) in [4.78, 5) is 8.53. The lowest BCUT2D eigenvalue weighted by Crippen LogP contribution is -2.09. The molecule has 0 fully saturated rings. The topological polar surface area (TPSA) is 49.8 Å². The lowest BCUT2D eigenvalue weighted by atomic mass is 10.1. The van der Waals surface area contributed by atoms with Crippen molar-refractivity contribution in [3.8, 4) is 0 Å². The molecule has 0 atom stereocenters. The fourth-order valence-corrected chi connectivity index (χ4v) is 1.92. The molecule has 0 saturated carbocycles. The van der Waals surface area contributed by atoms with Gasteiger partial charge in [0.05, 0.1) is 0 Å². The minimum Gasteiger partial charge on any atom is -0.370 e. The van der Waals surface area contributed by atoms with Crippen LogP contribution in [-0.4, -0.2) is 23.1 Å². The predicted octanol–water partition coefficient (Wildman–Crippen LogP) is 2.87. The van der Waals surface area contributed by atoms with E-state index in [0.29, 0.717) is 5.95 Å². The van der Waals surface area contributed by atoms with Crippen LogP contribution in [0, 0.1) is 6.92 Å². The van der Waals surface area contributed by atoms with Crippen molar-refractivity contribution in [3.05, 3.63) is 47.7 Å². The van der Waals surface area contributed by atoms with Crippen LogP contribution in [-0.2, 0) is 6.42 Å². The summed E-state index contributed by atoms with van der Waals surface area (Å²) in [5, 5.41) is 6.43. The van der Waals surface area contributed by atoms with Crippen LogP contribution in [0.5, 0.6) is 0 Å². The second kappa shape index (κ2) is 6.73. The number of benzene rings is 1. The molecule has 0 saturated heterocycles. The lowest BCUT2D eigenvalue weighted by molar-refractivity contribution is 0.985. The van der Waals surface area contributed by atoms with Crippen molar-refractivity contribution in [1.82, 2.24) is 9.97 Å². The van der Waals surface area contributed by atoms with Crippen LogP contribution in [0.1, 0.15) is 18.1 Å². The SMILES string of the molecule is CCNc1nccc(NCCc2ccccc2C)n1. The van der Waals surface area contributed by atoms with Crippen LogP contribution in [0.15, 0.2) is 36.5 Å². The van der Waals surface area contributed by atoms with Crippen molar-refractivity contribution in [3.63, 3.8) is 0 Å². The molecule has 2 N–H and O–H groups in total. The van der Waals surface area contributed by atoms with Crippen LogP contribution >= 0.6 is 0 Å². The fraction of sp³-hybridized carbons (Fsp3) is 0.333. The fourth-order valence-electron chi connectivity index (χ4n) is 1.92. The average Bonchev–Trinajstić information content (AvgIpc) is 2.42. The van der Waals surface area contributed by atoms with Crippen molar-refractivity contribution in [2.24, 2.45) is 0 Å². The molecule has 1 aromatic heterocycles. The summed E-state index contributed by atoms with van der Waals surface area (Å²) in [5.41, 5.74) is 2.70. The van der Waals surface area contributed by atoms with E-state index < -0.39 is 0 Å². The summed E-state index contributed by atoms with van der Waals surface area (Å²) in [6, 6.07) is 10.3. The van der Waals surface area contributed by atoms with Gasteiger partial charge in [0, 0.05) is 19.3 Å². The number of hydrogen-bond donors (Lipinski definition) is 2. The highest BCUT2D eigenvalue weighted by atomic mass is 15.1. The van der Waals surface area contributed by atoms with Crippen LogP contribution in [0.3, 0.4) is 0 Å². The van der Waals surface area contributed by atoms with Crippen LogP contribution < -0.4 is 10.6 Å². The quantitative estimate of drug-likeness (QED) is 0.834. The molecule has 100 valence electrons. The Kier molecular flexibility index (Phi) is 4.72. The maximum atomic E-state index is 4.38. The standard InChI is InChI=1S/C15H20N4/c1-3-16-15-18-11-9-14(19-15)17-10-8-13-7-5-4-6-12(13)2/h4-7,9,11H,3,8,10H2,1-2H3,(H2,16,17,18,19). The van der Waals surface area contributed by atoms with E-state index in [9.17, 15) is 0 Å². The molecule has 0 spiro atoms. The van der Waals surface area contributed by atoms with Gasteiger partial charge in [-0.15, -0.1) is 0 Å². The van der Waals surface area contributed by atoms with Gasteiger partial charge in [0.1, 0.15) is 5.82 Å². The molecule has 1 heterocycles. The minimum atomic E-state index is 0.670. The highest BCUT2D eigenvalue weighted by Gasteiger charge is 1.99. The molecule has 0 amide bonds. The molecule has 4 nitrogen and oxygen atoms in total. The van der Waals surface area contributed by atoms with Gasteiger partial charge in [0.2, 0.25) is 5.95 Å². The van der Waals surface area contributed by atoms with Crippen molar-refractivity contribution in [2.45, 2.75) is 20.3 Å². The first kappa shape index (κ1) is 13.3. The Balaban J connectivity index is 1.89. The number of aromatic nitrogens is 2.